The third-order valence-corrected chi connectivity index (χ3v) is 4.24. The van der Waals surface area contributed by atoms with Crippen LogP contribution in [0.4, 0.5) is 0 Å². The van der Waals surface area contributed by atoms with E-state index in [0.717, 1.165) is 16.5 Å². The first kappa shape index (κ1) is 14.3. The van der Waals surface area contributed by atoms with Crippen molar-refractivity contribution in [3.63, 3.8) is 0 Å². The third-order valence-electron chi connectivity index (χ3n) is 3.52. The zero-order valence-electron chi connectivity index (χ0n) is 11.2. The maximum absolute atomic E-state index is 12.1. The lowest BCUT2D eigenvalue weighted by atomic mass is 9.76. The fourth-order valence-electron chi connectivity index (χ4n) is 2.69. The predicted molar refractivity (Wildman–Crippen MR) is 77.6 cm³/mol. The second-order valence-electron chi connectivity index (χ2n) is 5.48. The maximum atomic E-state index is 12.1. The van der Waals surface area contributed by atoms with Gasteiger partial charge in [-0.25, -0.2) is 0 Å². The summed E-state index contributed by atoms with van der Waals surface area (Å²) in [5, 5.41) is 2.46. The van der Waals surface area contributed by atoms with Gasteiger partial charge in [0.25, 0.3) is 0 Å². The first-order chi connectivity index (χ1) is 8.99. The van der Waals surface area contributed by atoms with E-state index in [2.05, 4.69) is 35.1 Å². The van der Waals surface area contributed by atoms with Crippen LogP contribution in [-0.4, -0.2) is 11.8 Å². The van der Waals surface area contributed by atoms with E-state index in [4.69, 9.17) is 0 Å². The van der Waals surface area contributed by atoms with E-state index in [1.165, 1.54) is 0 Å². The monoisotopic (exact) mass is 323 g/mol. The Labute approximate surface area is 121 Å². The molecule has 2 atom stereocenters. The van der Waals surface area contributed by atoms with Gasteiger partial charge >= 0.3 is 0 Å². The standard InChI is InChI=1S/C15H18BrNO2/c1-9(2)7-12-11(8-14(18)17-15(12)19)10-5-3-4-6-13(10)16/h3-6,9,11-12H,7-8H2,1-2H3,(H,17,18,19). The summed E-state index contributed by atoms with van der Waals surface area (Å²) in [5.41, 5.74) is 1.05. The number of amides is 2. The molecular weight excluding hydrogens is 306 g/mol. The predicted octanol–water partition coefficient (Wildman–Crippen LogP) is 3.24. The van der Waals surface area contributed by atoms with Crippen molar-refractivity contribution in [2.24, 2.45) is 11.8 Å². The Hall–Kier alpha value is -1.16. The second-order valence-corrected chi connectivity index (χ2v) is 6.33. The van der Waals surface area contributed by atoms with Gasteiger partial charge in [-0.3, -0.25) is 14.9 Å². The van der Waals surface area contributed by atoms with Crippen LogP contribution in [0, 0.1) is 11.8 Å². The second kappa shape index (κ2) is 5.87. The van der Waals surface area contributed by atoms with Gasteiger partial charge in [0.15, 0.2) is 0 Å². The Kier molecular flexibility index (Phi) is 4.40. The SMILES string of the molecule is CC(C)CC1C(=O)NC(=O)CC1c1ccccc1Br. The molecule has 1 heterocycles. The Morgan fingerprint density at radius 3 is 2.63 bits per heavy atom. The summed E-state index contributed by atoms with van der Waals surface area (Å²) in [5.74, 6) is -0.0407. The molecule has 1 saturated heterocycles. The number of carbonyl (C=O) groups is 2. The van der Waals surface area contributed by atoms with Gasteiger partial charge in [0.2, 0.25) is 11.8 Å². The molecular formula is C15H18BrNO2. The molecule has 1 N–H and O–H groups in total. The van der Waals surface area contributed by atoms with Crippen LogP contribution in [0.15, 0.2) is 28.7 Å². The molecule has 1 fully saturated rings. The van der Waals surface area contributed by atoms with Crippen LogP contribution in [0.2, 0.25) is 0 Å². The van der Waals surface area contributed by atoms with Crippen molar-refractivity contribution in [2.75, 3.05) is 0 Å². The molecule has 19 heavy (non-hydrogen) atoms. The molecule has 0 spiro atoms. The summed E-state index contributed by atoms with van der Waals surface area (Å²) >= 11 is 3.52. The Morgan fingerprint density at radius 2 is 2.00 bits per heavy atom. The minimum atomic E-state index is -0.175. The van der Waals surface area contributed by atoms with Gasteiger partial charge in [0.05, 0.1) is 0 Å². The highest BCUT2D eigenvalue weighted by Gasteiger charge is 2.37. The van der Waals surface area contributed by atoms with E-state index in [1.807, 2.05) is 24.3 Å². The lowest BCUT2D eigenvalue weighted by Crippen LogP contribution is -2.45. The van der Waals surface area contributed by atoms with E-state index in [1.54, 1.807) is 0 Å². The fraction of sp³-hybridized carbons (Fsp3) is 0.467. The zero-order chi connectivity index (χ0) is 14.0. The summed E-state index contributed by atoms with van der Waals surface area (Å²) in [6.07, 6.45) is 1.18. The topological polar surface area (TPSA) is 46.2 Å². The van der Waals surface area contributed by atoms with Gasteiger partial charge in [0, 0.05) is 22.7 Å². The summed E-state index contributed by atoms with van der Waals surface area (Å²) < 4.78 is 0.969. The molecule has 0 radical (unpaired) electrons. The molecule has 1 aromatic rings. The average molecular weight is 324 g/mol. The van der Waals surface area contributed by atoms with E-state index in [9.17, 15) is 9.59 Å². The molecule has 2 unspecified atom stereocenters. The van der Waals surface area contributed by atoms with Crippen molar-refractivity contribution in [1.82, 2.24) is 5.32 Å². The van der Waals surface area contributed by atoms with Crippen molar-refractivity contribution >= 4 is 27.7 Å². The minimum Gasteiger partial charge on any atom is -0.296 e. The summed E-state index contributed by atoms with van der Waals surface area (Å²) in [7, 11) is 0. The average Bonchev–Trinajstić information content (AvgIpc) is 2.33. The van der Waals surface area contributed by atoms with Crippen molar-refractivity contribution < 1.29 is 9.59 Å². The molecule has 4 heteroatoms. The normalized spacial score (nSPS) is 23.6. The van der Waals surface area contributed by atoms with E-state index in [0.29, 0.717) is 12.3 Å². The van der Waals surface area contributed by atoms with Crippen molar-refractivity contribution in [3.8, 4) is 0 Å². The molecule has 2 amide bonds. The molecule has 1 aromatic carbocycles. The highest BCUT2D eigenvalue weighted by molar-refractivity contribution is 9.10. The van der Waals surface area contributed by atoms with Gasteiger partial charge in [-0.1, -0.05) is 48.0 Å². The van der Waals surface area contributed by atoms with Crippen LogP contribution in [0.1, 0.15) is 38.2 Å². The molecule has 102 valence electrons. The summed E-state index contributed by atoms with van der Waals surface area (Å²) in [4.78, 5) is 23.7. The van der Waals surface area contributed by atoms with Crippen LogP contribution in [0.5, 0.6) is 0 Å². The minimum absolute atomic E-state index is 0.0285. The van der Waals surface area contributed by atoms with Crippen LogP contribution >= 0.6 is 15.9 Å². The lowest BCUT2D eigenvalue weighted by Gasteiger charge is -2.32. The molecule has 1 aliphatic heterocycles. The molecule has 0 saturated carbocycles. The third kappa shape index (κ3) is 3.24. The van der Waals surface area contributed by atoms with Crippen molar-refractivity contribution in [3.05, 3.63) is 34.3 Å². The number of hydrogen-bond acceptors (Lipinski definition) is 2. The van der Waals surface area contributed by atoms with Gasteiger partial charge in [-0.15, -0.1) is 0 Å². The first-order valence-electron chi connectivity index (χ1n) is 6.57. The number of nitrogens with one attached hydrogen (secondary N) is 1. The van der Waals surface area contributed by atoms with Gasteiger partial charge in [0.1, 0.15) is 0 Å². The van der Waals surface area contributed by atoms with E-state index >= 15 is 0 Å². The molecule has 0 bridgehead atoms. The van der Waals surface area contributed by atoms with Crippen LogP contribution in [0.3, 0.4) is 0 Å². The van der Waals surface area contributed by atoms with Crippen LogP contribution < -0.4 is 5.32 Å². The van der Waals surface area contributed by atoms with Gasteiger partial charge in [-0.2, -0.15) is 0 Å². The number of rotatable bonds is 3. The first-order valence-corrected chi connectivity index (χ1v) is 7.36. The molecule has 2 rings (SSSR count). The largest absolute Gasteiger partial charge is 0.296 e. The Balaban J connectivity index is 2.35. The smallest absolute Gasteiger partial charge is 0.230 e. The summed E-state index contributed by atoms with van der Waals surface area (Å²) in [6, 6.07) is 7.84. The van der Waals surface area contributed by atoms with Gasteiger partial charge in [-0.05, 0) is 24.0 Å². The maximum Gasteiger partial charge on any atom is 0.230 e. The zero-order valence-corrected chi connectivity index (χ0v) is 12.7. The summed E-state index contributed by atoms with van der Waals surface area (Å²) in [6.45, 7) is 4.20. The Morgan fingerprint density at radius 1 is 1.32 bits per heavy atom. The molecule has 1 aliphatic rings. The van der Waals surface area contributed by atoms with Crippen molar-refractivity contribution in [2.45, 2.75) is 32.6 Å². The van der Waals surface area contributed by atoms with Crippen LogP contribution in [0.25, 0.3) is 0 Å². The van der Waals surface area contributed by atoms with Crippen LogP contribution in [-0.2, 0) is 9.59 Å². The number of hydrogen-bond donors (Lipinski definition) is 1. The number of piperidine rings is 1. The Bertz CT molecular complexity index is 499. The number of benzene rings is 1. The highest BCUT2D eigenvalue weighted by atomic mass is 79.9. The van der Waals surface area contributed by atoms with E-state index in [-0.39, 0.29) is 23.7 Å². The molecule has 0 aromatic heterocycles. The lowest BCUT2D eigenvalue weighted by molar-refractivity contribution is -0.137. The number of halogens is 1. The highest BCUT2D eigenvalue weighted by Crippen LogP contribution is 2.38. The quantitative estimate of drug-likeness (QED) is 0.868. The van der Waals surface area contributed by atoms with Crippen molar-refractivity contribution in [1.29, 1.82) is 0 Å². The number of carbonyl (C=O) groups excluding carboxylic acids is 2. The fourth-order valence-corrected chi connectivity index (χ4v) is 3.27. The number of imide groups is 1. The molecule has 3 nitrogen and oxygen atoms in total. The van der Waals surface area contributed by atoms with Gasteiger partial charge < -0.3 is 0 Å². The van der Waals surface area contributed by atoms with E-state index < -0.39 is 0 Å². The molecule has 0 aliphatic carbocycles.